The first-order valence-electron chi connectivity index (χ1n) is 8.13. The normalized spacial score (nSPS) is 17.0. The van der Waals surface area contributed by atoms with Gasteiger partial charge in [-0.05, 0) is 42.3 Å². The van der Waals surface area contributed by atoms with Gasteiger partial charge in [-0.2, -0.15) is 0 Å². The van der Waals surface area contributed by atoms with E-state index in [1.807, 2.05) is 31.2 Å². The summed E-state index contributed by atoms with van der Waals surface area (Å²) in [5.41, 5.74) is 2.28. The number of carbonyl (C=O) groups is 2. The van der Waals surface area contributed by atoms with Crippen molar-refractivity contribution in [1.29, 1.82) is 0 Å². The third-order valence-corrected chi connectivity index (χ3v) is 4.63. The fourth-order valence-corrected chi connectivity index (χ4v) is 3.12. The van der Waals surface area contributed by atoms with Crippen LogP contribution in [0.5, 0.6) is 0 Å². The van der Waals surface area contributed by atoms with Gasteiger partial charge >= 0.3 is 0 Å². The van der Waals surface area contributed by atoms with Crippen molar-refractivity contribution in [3.05, 3.63) is 58.9 Å². The molecule has 1 fully saturated rings. The Morgan fingerprint density at radius 2 is 2.12 bits per heavy atom. The SMILES string of the molecule is CCc1cccc(N2C[C@H](C(=O)Nc3ccc(F)cc3Cl)CC2=O)c1. The molecule has 1 heterocycles. The minimum atomic E-state index is -0.473. The van der Waals surface area contributed by atoms with E-state index in [0.29, 0.717) is 12.2 Å². The standard InChI is InChI=1S/C19H18ClFN2O2/c1-2-12-4-3-5-15(8-12)23-11-13(9-18(23)24)19(25)22-17-7-6-14(21)10-16(17)20/h3-8,10,13H,2,9,11H2,1H3,(H,22,25)/t13-/m1/s1. The molecule has 1 aliphatic rings. The zero-order valence-corrected chi connectivity index (χ0v) is 14.5. The smallest absolute Gasteiger partial charge is 0.229 e. The Morgan fingerprint density at radius 3 is 2.84 bits per heavy atom. The molecule has 0 aliphatic carbocycles. The van der Waals surface area contributed by atoms with E-state index in [1.165, 1.54) is 12.1 Å². The predicted octanol–water partition coefficient (Wildman–Crippen LogP) is 4.03. The van der Waals surface area contributed by atoms with Gasteiger partial charge in [0, 0.05) is 18.7 Å². The van der Waals surface area contributed by atoms with Crippen molar-refractivity contribution in [1.82, 2.24) is 0 Å². The molecule has 130 valence electrons. The maximum Gasteiger partial charge on any atom is 0.229 e. The highest BCUT2D eigenvalue weighted by Crippen LogP contribution is 2.28. The van der Waals surface area contributed by atoms with Crippen LogP contribution in [0.4, 0.5) is 15.8 Å². The summed E-state index contributed by atoms with van der Waals surface area (Å²) in [4.78, 5) is 26.4. The molecule has 3 rings (SSSR count). The van der Waals surface area contributed by atoms with Crippen LogP contribution >= 0.6 is 11.6 Å². The summed E-state index contributed by atoms with van der Waals surface area (Å²) in [5.74, 6) is -1.32. The lowest BCUT2D eigenvalue weighted by molar-refractivity contribution is -0.122. The third-order valence-electron chi connectivity index (χ3n) is 4.32. The second-order valence-corrected chi connectivity index (χ2v) is 6.45. The number of carbonyl (C=O) groups excluding carboxylic acids is 2. The van der Waals surface area contributed by atoms with Crippen molar-refractivity contribution in [2.75, 3.05) is 16.8 Å². The van der Waals surface area contributed by atoms with Crippen LogP contribution in [-0.2, 0) is 16.0 Å². The van der Waals surface area contributed by atoms with Crippen molar-refractivity contribution < 1.29 is 14.0 Å². The van der Waals surface area contributed by atoms with Gasteiger partial charge in [-0.1, -0.05) is 30.7 Å². The predicted molar refractivity (Wildman–Crippen MR) is 96.3 cm³/mol. The van der Waals surface area contributed by atoms with Gasteiger partial charge < -0.3 is 10.2 Å². The van der Waals surface area contributed by atoms with Crippen LogP contribution in [0.2, 0.25) is 5.02 Å². The number of halogens is 2. The molecule has 1 aliphatic heterocycles. The molecular weight excluding hydrogens is 343 g/mol. The first kappa shape index (κ1) is 17.4. The van der Waals surface area contributed by atoms with Gasteiger partial charge in [0.05, 0.1) is 16.6 Å². The molecule has 0 bridgehead atoms. The molecule has 25 heavy (non-hydrogen) atoms. The van der Waals surface area contributed by atoms with Crippen LogP contribution in [0.15, 0.2) is 42.5 Å². The van der Waals surface area contributed by atoms with Crippen molar-refractivity contribution >= 4 is 34.8 Å². The fraction of sp³-hybridized carbons (Fsp3) is 0.263. The zero-order valence-electron chi connectivity index (χ0n) is 13.8. The van der Waals surface area contributed by atoms with Crippen LogP contribution in [-0.4, -0.2) is 18.4 Å². The molecule has 2 aromatic rings. The van der Waals surface area contributed by atoms with E-state index in [-0.39, 0.29) is 23.3 Å². The molecular formula is C19H18ClFN2O2. The molecule has 2 aromatic carbocycles. The van der Waals surface area contributed by atoms with Gasteiger partial charge in [0.15, 0.2) is 0 Å². The minimum absolute atomic E-state index is 0.0846. The lowest BCUT2D eigenvalue weighted by Crippen LogP contribution is -2.28. The highest BCUT2D eigenvalue weighted by molar-refractivity contribution is 6.33. The van der Waals surface area contributed by atoms with Gasteiger partial charge in [0.2, 0.25) is 11.8 Å². The Hall–Kier alpha value is -2.40. The molecule has 0 radical (unpaired) electrons. The number of rotatable bonds is 4. The average molecular weight is 361 g/mol. The largest absolute Gasteiger partial charge is 0.324 e. The summed E-state index contributed by atoms with van der Waals surface area (Å²) < 4.78 is 13.1. The first-order chi connectivity index (χ1) is 12.0. The number of amides is 2. The van der Waals surface area contributed by atoms with E-state index in [0.717, 1.165) is 23.7 Å². The molecule has 4 nitrogen and oxygen atoms in total. The summed E-state index contributed by atoms with van der Waals surface area (Å²) in [7, 11) is 0. The lowest BCUT2D eigenvalue weighted by atomic mass is 10.1. The van der Waals surface area contributed by atoms with Crippen LogP contribution in [0.3, 0.4) is 0 Å². The van der Waals surface area contributed by atoms with Crippen molar-refractivity contribution in [2.24, 2.45) is 5.92 Å². The van der Waals surface area contributed by atoms with Crippen LogP contribution < -0.4 is 10.2 Å². The van der Waals surface area contributed by atoms with Crippen molar-refractivity contribution in [3.63, 3.8) is 0 Å². The first-order valence-corrected chi connectivity index (χ1v) is 8.51. The summed E-state index contributed by atoms with van der Waals surface area (Å²) >= 11 is 5.93. The Morgan fingerprint density at radius 1 is 1.32 bits per heavy atom. The van der Waals surface area contributed by atoms with Gasteiger partial charge in [-0.25, -0.2) is 4.39 Å². The topological polar surface area (TPSA) is 49.4 Å². The Balaban J connectivity index is 1.72. The van der Waals surface area contributed by atoms with E-state index in [1.54, 1.807) is 4.90 Å². The molecule has 1 N–H and O–H groups in total. The maximum atomic E-state index is 13.1. The van der Waals surface area contributed by atoms with Gasteiger partial charge in [0.25, 0.3) is 0 Å². The van der Waals surface area contributed by atoms with E-state index < -0.39 is 11.7 Å². The Bertz CT molecular complexity index is 825. The number of nitrogens with one attached hydrogen (secondary N) is 1. The number of benzene rings is 2. The number of aryl methyl sites for hydroxylation is 1. The highest BCUT2D eigenvalue weighted by atomic mass is 35.5. The number of hydrogen-bond acceptors (Lipinski definition) is 2. The molecule has 1 atom stereocenters. The number of anilines is 2. The van der Waals surface area contributed by atoms with Crippen molar-refractivity contribution in [3.8, 4) is 0 Å². The van der Waals surface area contributed by atoms with Gasteiger partial charge in [-0.3, -0.25) is 9.59 Å². The zero-order chi connectivity index (χ0) is 18.0. The second kappa shape index (κ2) is 7.23. The van der Waals surface area contributed by atoms with Crippen LogP contribution in [0.25, 0.3) is 0 Å². The molecule has 0 aromatic heterocycles. The minimum Gasteiger partial charge on any atom is -0.324 e. The monoisotopic (exact) mass is 360 g/mol. The van der Waals surface area contributed by atoms with Crippen molar-refractivity contribution in [2.45, 2.75) is 19.8 Å². The summed E-state index contributed by atoms with van der Waals surface area (Å²) in [6.45, 7) is 2.37. The van der Waals surface area contributed by atoms with E-state index in [2.05, 4.69) is 5.32 Å². The van der Waals surface area contributed by atoms with Gasteiger partial charge in [0.1, 0.15) is 5.82 Å². The van der Waals surface area contributed by atoms with Gasteiger partial charge in [-0.15, -0.1) is 0 Å². The number of hydrogen-bond donors (Lipinski definition) is 1. The van der Waals surface area contributed by atoms with E-state index in [9.17, 15) is 14.0 Å². The molecule has 1 saturated heterocycles. The molecule has 0 spiro atoms. The van der Waals surface area contributed by atoms with Crippen LogP contribution in [0, 0.1) is 11.7 Å². The molecule has 0 saturated carbocycles. The van der Waals surface area contributed by atoms with Crippen LogP contribution in [0.1, 0.15) is 18.9 Å². The average Bonchev–Trinajstić information content (AvgIpc) is 2.99. The second-order valence-electron chi connectivity index (χ2n) is 6.04. The summed E-state index contributed by atoms with van der Waals surface area (Å²) in [6.07, 6.45) is 1.02. The maximum absolute atomic E-state index is 13.1. The Kier molecular flexibility index (Phi) is 5.04. The summed E-state index contributed by atoms with van der Waals surface area (Å²) in [5, 5.41) is 2.81. The molecule has 2 amide bonds. The third kappa shape index (κ3) is 3.82. The number of nitrogens with zero attached hydrogens (tertiary/aromatic N) is 1. The molecule has 0 unspecified atom stereocenters. The lowest BCUT2D eigenvalue weighted by Gasteiger charge is -2.17. The molecule has 6 heteroatoms. The highest BCUT2D eigenvalue weighted by Gasteiger charge is 2.35. The Labute approximate surface area is 150 Å². The fourth-order valence-electron chi connectivity index (χ4n) is 2.90. The van der Waals surface area contributed by atoms with E-state index in [4.69, 9.17) is 11.6 Å². The van der Waals surface area contributed by atoms with E-state index >= 15 is 0 Å². The summed E-state index contributed by atoms with van der Waals surface area (Å²) in [6, 6.07) is 11.5. The quantitative estimate of drug-likeness (QED) is 0.894.